The molecule has 5 heteroatoms. The zero-order chi connectivity index (χ0) is 14.6. The summed E-state index contributed by atoms with van der Waals surface area (Å²) in [4.78, 5) is 11.6. The molecule has 5 nitrogen and oxygen atoms in total. The highest BCUT2D eigenvalue weighted by Gasteiger charge is 2.26. The molecule has 18 heavy (non-hydrogen) atoms. The maximum Gasteiger partial charge on any atom is 0.408 e. The summed E-state index contributed by atoms with van der Waals surface area (Å²) in [5.41, 5.74) is -0.888. The second-order valence-corrected chi connectivity index (χ2v) is 6.37. The van der Waals surface area contributed by atoms with Gasteiger partial charge < -0.3 is 19.9 Å². The summed E-state index contributed by atoms with van der Waals surface area (Å²) in [5.74, 6) is 0. The minimum absolute atomic E-state index is 0.198. The fourth-order valence-electron chi connectivity index (χ4n) is 1.41. The first-order valence-corrected chi connectivity index (χ1v) is 6.23. The normalized spacial score (nSPS) is 16.0. The number of aliphatic hydroxyl groups excluding tert-OH is 1. The highest BCUT2D eigenvalue weighted by molar-refractivity contribution is 5.68. The van der Waals surface area contributed by atoms with Gasteiger partial charge in [0.2, 0.25) is 0 Å². The number of carbonyl (C=O) groups excluding carboxylic acids is 1. The van der Waals surface area contributed by atoms with Crippen molar-refractivity contribution in [3.63, 3.8) is 0 Å². The molecular formula is C13H27NO4. The SMILES string of the molecule is C[C@@H](OC(C)(C)C)[C@H](CO)NC(=O)OC(C)(C)C. The fraction of sp³-hybridized carbons (Fsp3) is 0.923. The number of ether oxygens (including phenoxy) is 2. The lowest BCUT2D eigenvalue weighted by Crippen LogP contribution is -2.49. The molecule has 0 radical (unpaired) electrons. The van der Waals surface area contributed by atoms with Gasteiger partial charge in [0.25, 0.3) is 0 Å². The molecule has 1 amide bonds. The zero-order valence-electron chi connectivity index (χ0n) is 12.5. The minimum Gasteiger partial charge on any atom is -0.444 e. The van der Waals surface area contributed by atoms with Crippen LogP contribution >= 0.6 is 0 Å². The summed E-state index contributed by atoms with van der Waals surface area (Å²) < 4.78 is 10.8. The first-order valence-electron chi connectivity index (χ1n) is 6.23. The Morgan fingerprint density at radius 3 is 2.00 bits per heavy atom. The summed E-state index contributed by atoms with van der Waals surface area (Å²) in [7, 11) is 0. The molecule has 0 rings (SSSR count). The summed E-state index contributed by atoms with van der Waals surface area (Å²) in [6, 6.07) is -0.487. The van der Waals surface area contributed by atoms with Crippen molar-refractivity contribution in [3.05, 3.63) is 0 Å². The van der Waals surface area contributed by atoms with Crippen LogP contribution in [0.2, 0.25) is 0 Å². The molecule has 0 saturated heterocycles. The predicted molar refractivity (Wildman–Crippen MR) is 70.5 cm³/mol. The Kier molecular flexibility index (Phi) is 6.10. The molecule has 0 spiro atoms. The molecule has 0 unspecified atom stereocenters. The van der Waals surface area contributed by atoms with Crippen molar-refractivity contribution in [1.82, 2.24) is 5.32 Å². The lowest BCUT2D eigenvalue weighted by atomic mass is 10.1. The summed E-state index contributed by atoms with van der Waals surface area (Å²) >= 11 is 0. The quantitative estimate of drug-likeness (QED) is 0.813. The topological polar surface area (TPSA) is 67.8 Å². The van der Waals surface area contributed by atoms with E-state index in [0.29, 0.717) is 0 Å². The largest absolute Gasteiger partial charge is 0.444 e. The lowest BCUT2D eigenvalue weighted by Gasteiger charge is -2.31. The van der Waals surface area contributed by atoms with Crippen molar-refractivity contribution in [2.24, 2.45) is 0 Å². The number of carbonyl (C=O) groups is 1. The summed E-state index contributed by atoms with van der Waals surface area (Å²) in [5, 5.41) is 11.9. The number of nitrogens with one attached hydrogen (secondary N) is 1. The molecule has 2 atom stereocenters. The van der Waals surface area contributed by atoms with Crippen LogP contribution in [0.1, 0.15) is 48.5 Å². The Hall–Kier alpha value is -0.810. The van der Waals surface area contributed by atoms with Gasteiger partial charge in [-0.3, -0.25) is 0 Å². The number of alkyl carbamates (subject to hydrolysis) is 1. The van der Waals surface area contributed by atoms with Gasteiger partial charge in [-0.2, -0.15) is 0 Å². The number of amides is 1. The van der Waals surface area contributed by atoms with Gasteiger partial charge in [-0.25, -0.2) is 4.79 Å². The Morgan fingerprint density at radius 2 is 1.67 bits per heavy atom. The van der Waals surface area contributed by atoms with E-state index in [4.69, 9.17) is 9.47 Å². The summed E-state index contributed by atoms with van der Waals surface area (Å²) in [6.07, 6.45) is -0.853. The van der Waals surface area contributed by atoms with Crippen LogP contribution in [0.5, 0.6) is 0 Å². The Morgan fingerprint density at radius 1 is 1.17 bits per heavy atom. The van der Waals surface area contributed by atoms with Gasteiger partial charge in [-0.15, -0.1) is 0 Å². The molecule has 0 aromatic heterocycles. The Labute approximate surface area is 110 Å². The number of aliphatic hydroxyl groups is 1. The van der Waals surface area contributed by atoms with Crippen molar-refractivity contribution < 1.29 is 19.4 Å². The van der Waals surface area contributed by atoms with Crippen molar-refractivity contribution in [1.29, 1.82) is 0 Å². The number of rotatable bonds is 4. The van der Waals surface area contributed by atoms with E-state index in [9.17, 15) is 9.90 Å². The third-order valence-electron chi connectivity index (χ3n) is 2.00. The summed E-state index contributed by atoms with van der Waals surface area (Å²) in [6.45, 7) is 12.7. The van der Waals surface area contributed by atoms with Crippen molar-refractivity contribution in [2.75, 3.05) is 6.61 Å². The molecule has 108 valence electrons. The Bertz CT molecular complexity index is 265. The lowest BCUT2D eigenvalue weighted by molar-refractivity contribution is -0.0734. The molecule has 0 aliphatic rings. The maximum absolute atomic E-state index is 11.6. The molecule has 2 N–H and O–H groups in total. The number of hydrogen-bond donors (Lipinski definition) is 2. The van der Waals surface area contributed by atoms with E-state index in [1.54, 1.807) is 20.8 Å². The number of hydrogen-bond acceptors (Lipinski definition) is 4. The van der Waals surface area contributed by atoms with Gasteiger partial charge in [0, 0.05) is 0 Å². The van der Waals surface area contributed by atoms with Crippen molar-refractivity contribution in [3.8, 4) is 0 Å². The first-order chi connectivity index (χ1) is 7.94. The molecule has 0 aliphatic carbocycles. The van der Waals surface area contributed by atoms with E-state index >= 15 is 0 Å². The molecule has 0 fully saturated rings. The second kappa shape index (κ2) is 6.38. The van der Waals surface area contributed by atoms with Gasteiger partial charge in [-0.05, 0) is 48.5 Å². The third kappa shape index (κ3) is 8.31. The standard InChI is InChI=1S/C13H27NO4/c1-9(17-12(2,3)4)10(8-15)14-11(16)18-13(5,6)7/h9-10,15H,8H2,1-7H3,(H,14,16)/t9-,10+/m1/s1. The van der Waals surface area contributed by atoms with E-state index in [1.165, 1.54) is 0 Å². The van der Waals surface area contributed by atoms with Crippen molar-refractivity contribution >= 4 is 6.09 Å². The average Bonchev–Trinajstić information content (AvgIpc) is 2.07. The van der Waals surface area contributed by atoms with Crippen molar-refractivity contribution in [2.45, 2.75) is 71.8 Å². The van der Waals surface area contributed by atoms with Crippen LogP contribution < -0.4 is 5.32 Å². The fourth-order valence-corrected chi connectivity index (χ4v) is 1.41. The predicted octanol–water partition coefficient (Wildman–Crippen LogP) is 2.08. The smallest absolute Gasteiger partial charge is 0.408 e. The monoisotopic (exact) mass is 261 g/mol. The van der Waals surface area contributed by atoms with E-state index in [-0.39, 0.29) is 18.3 Å². The van der Waals surface area contributed by atoms with Crippen LogP contribution in [0, 0.1) is 0 Å². The molecule has 0 bridgehead atoms. The van der Waals surface area contributed by atoms with Gasteiger partial charge in [0.05, 0.1) is 24.4 Å². The molecular weight excluding hydrogens is 234 g/mol. The van der Waals surface area contributed by atoms with Crippen LogP contribution in [-0.4, -0.2) is 41.2 Å². The average molecular weight is 261 g/mol. The highest BCUT2D eigenvalue weighted by atomic mass is 16.6. The Balaban J connectivity index is 4.38. The first kappa shape index (κ1) is 17.2. The second-order valence-electron chi connectivity index (χ2n) is 6.37. The minimum atomic E-state index is -0.557. The highest BCUT2D eigenvalue weighted by Crippen LogP contribution is 2.13. The maximum atomic E-state index is 11.6. The van der Waals surface area contributed by atoms with Gasteiger partial charge in [0.1, 0.15) is 5.60 Å². The van der Waals surface area contributed by atoms with Crippen LogP contribution in [0.3, 0.4) is 0 Å². The molecule has 0 aliphatic heterocycles. The van der Waals surface area contributed by atoms with E-state index in [1.807, 2.05) is 27.7 Å². The molecule has 0 saturated carbocycles. The van der Waals surface area contributed by atoms with Crippen LogP contribution in [0.4, 0.5) is 4.79 Å². The van der Waals surface area contributed by atoms with Gasteiger partial charge >= 0.3 is 6.09 Å². The molecule has 0 aromatic carbocycles. The van der Waals surface area contributed by atoms with Crippen LogP contribution in [-0.2, 0) is 9.47 Å². The third-order valence-corrected chi connectivity index (χ3v) is 2.00. The molecule has 0 aromatic rings. The van der Waals surface area contributed by atoms with Gasteiger partial charge in [0.15, 0.2) is 0 Å². The van der Waals surface area contributed by atoms with E-state index in [0.717, 1.165) is 0 Å². The van der Waals surface area contributed by atoms with E-state index in [2.05, 4.69) is 5.32 Å². The van der Waals surface area contributed by atoms with Crippen LogP contribution in [0.15, 0.2) is 0 Å². The van der Waals surface area contributed by atoms with Crippen LogP contribution in [0.25, 0.3) is 0 Å². The zero-order valence-corrected chi connectivity index (χ0v) is 12.5. The van der Waals surface area contributed by atoms with E-state index < -0.39 is 17.7 Å². The molecule has 0 heterocycles. The van der Waals surface area contributed by atoms with Gasteiger partial charge in [-0.1, -0.05) is 0 Å².